The van der Waals surface area contributed by atoms with Gasteiger partial charge < -0.3 is 10.1 Å². The third-order valence-corrected chi connectivity index (χ3v) is 7.21. The second-order valence-electron chi connectivity index (χ2n) is 9.50. The van der Waals surface area contributed by atoms with E-state index in [0.29, 0.717) is 17.0 Å². The normalized spacial score (nSPS) is 14.1. The molecule has 4 aromatic carbocycles. The van der Waals surface area contributed by atoms with Crippen molar-refractivity contribution < 1.29 is 19.1 Å². The predicted molar refractivity (Wildman–Crippen MR) is 152 cm³/mol. The maximum atomic E-state index is 14.4. The number of hydrogen-bond acceptors (Lipinski definition) is 5. The Morgan fingerprint density at radius 3 is 2.05 bits per heavy atom. The summed E-state index contributed by atoms with van der Waals surface area (Å²) in [7, 11) is 1.58. The van der Waals surface area contributed by atoms with Crippen molar-refractivity contribution in [1.29, 1.82) is 0 Å². The molecule has 0 bridgehead atoms. The first kappa shape index (κ1) is 25.0. The zero-order valence-electron chi connectivity index (χ0n) is 21.7. The third kappa shape index (κ3) is 4.37. The highest BCUT2D eigenvalue weighted by molar-refractivity contribution is 6.23. The van der Waals surface area contributed by atoms with Gasteiger partial charge in [-0.1, -0.05) is 72.8 Å². The van der Waals surface area contributed by atoms with Gasteiger partial charge in [0, 0.05) is 17.5 Å². The number of fused-ring (bicyclic) bond motifs is 2. The number of nitrogens with one attached hydrogen (secondary N) is 1. The number of para-hydroxylation sites is 1. The Kier molecular flexibility index (Phi) is 6.54. The molecular formula is C33H25N3O4. The van der Waals surface area contributed by atoms with Crippen molar-refractivity contribution in [3.8, 4) is 5.75 Å². The highest BCUT2D eigenvalue weighted by Gasteiger charge is 2.47. The van der Waals surface area contributed by atoms with E-state index in [4.69, 9.17) is 4.74 Å². The average Bonchev–Trinajstić information content (AvgIpc) is 3.25. The Balaban J connectivity index is 1.52. The van der Waals surface area contributed by atoms with Gasteiger partial charge in [0.2, 0.25) is 5.91 Å². The second-order valence-corrected chi connectivity index (χ2v) is 9.50. The Morgan fingerprint density at radius 1 is 0.750 bits per heavy atom. The molecular weight excluding hydrogens is 502 g/mol. The van der Waals surface area contributed by atoms with Crippen molar-refractivity contribution in [1.82, 2.24) is 9.88 Å². The van der Waals surface area contributed by atoms with Crippen LogP contribution in [0.4, 0.5) is 5.69 Å². The lowest BCUT2D eigenvalue weighted by atomic mass is 9.83. The summed E-state index contributed by atoms with van der Waals surface area (Å²) in [6, 6.07) is 31.4. The molecule has 40 heavy (non-hydrogen) atoms. The van der Waals surface area contributed by atoms with Crippen molar-refractivity contribution in [2.45, 2.75) is 12.0 Å². The van der Waals surface area contributed by atoms with E-state index in [0.717, 1.165) is 21.4 Å². The summed E-state index contributed by atoms with van der Waals surface area (Å²) in [4.78, 5) is 47.5. The average molecular weight is 528 g/mol. The fourth-order valence-electron chi connectivity index (χ4n) is 5.32. The van der Waals surface area contributed by atoms with Crippen LogP contribution in [0.5, 0.6) is 5.75 Å². The van der Waals surface area contributed by atoms with Gasteiger partial charge in [0.05, 0.1) is 29.4 Å². The number of carbonyl (C=O) groups excluding carboxylic acids is 3. The molecule has 7 heteroatoms. The quantitative estimate of drug-likeness (QED) is 0.275. The van der Waals surface area contributed by atoms with E-state index < -0.39 is 29.7 Å². The summed E-state index contributed by atoms with van der Waals surface area (Å²) in [5.74, 6) is -1.54. The number of benzene rings is 4. The smallest absolute Gasteiger partial charge is 0.262 e. The number of ether oxygens (including phenoxy) is 1. The molecule has 2 atom stereocenters. The first-order valence-electron chi connectivity index (χ1n) is 12.9. The molecule has 7 nitrogen and oxygen atoms in total. The standard InChI is InChI=1S/C33H25N3O4/c1-40-24-18-16-22(17-19-24)28(21-9-3-2-4-10-21)30(36-32(38)25-13-5-6-14-26(25)33(36)39)31(37)35-27-15-7-11-23-12-8-20-34-29(23)27/h2-20,28,30H,1H3,(H,35,37)/t28-,30+/m1/s1. The fraction of sp³-hybridized carbons (Fsp3) is 0.0909. The summed E-state index contributed by atoms with van der Waals surface area (Å²) in [5, 5.41) is 3.85. The van der Waals surface area contributed by atoms with Crippen LogP contribution in [-0.2, 0) is 4.79 Å². The molecule has 1 aliphatic rings. The van der Waals surface area contributed by atoms with Gasteiger partial charge in [0.1, 0.15) is 11.8 Å². The Hall–Kier alpha value is -5.30. The molecule has 5 aromatic rings. The van der Waals surface area contributed by atoms with Gasteiger partial charge in [-0.2, -0.15) is 0 Å². The van der Waals surface area contributed by atoms with Crippen LogP contribution in [0.3, 0.4) is 0 Å². The number of nitrogens with zero attached hydrogens (tertiary/aromatic N) is 2. The van der Waals surface area contributed by atoms with E-state index in [-0.39, 0.29) is 11.1 Å². The first-order chi connectivity index (χ1) is 19.6. The number of amides is 3. The maximum Gasteiger partial charge on any atom is 0.262 e. The Bertz CT molecular complexity index is 1690. The lowest BCUT2D eigenvalue weighted by molar-refractivity contribution is -0.120. The van der Waals surface area contributed by atoms with Gasteiger partial charge in [-0.25, -0.2) is 0 Å². The highest BCUT2D eigenvalue weighted by atomic mass is 16.5. The van der Waals surface area contributed by atoms with E-state index >= 15 is 0 Å². The number of anilines is 1. The van der Waals surface area contributed by atoms with Crippen LogP contribution < -0.4 is 10.1 Å². The van der Waals surface area contributed by atoms with Gasteiger partial charge >= 0.3 is 0 Å². The Labute approximate surface area is 231 Å². The van der Waals surface area contributed by atoms with E-state index in [1.165, 1.54) is 0 Å². The van der Waals surface area contributed by atoms with E-state index in [1.54, 1.807) is 55.8 Å². The van der Waals surface area contributed by atoms with Crippen molar-refractivity contribution in [2.24, 2.45) is 0 Å². The molecule has 0 aliphatic carbocycles. The summed E-state index contributed by atoms with van der Waals surface area (Å²) in [6.45, 7) is 0. The molecule has 0 unspecified atom stereocenters. The fourth-order valence-corrected chi connectivity index (χ4v) is 5.32. The molecule has 3 amide bonds. The molecule has 1 N–H and O–H groups in total. The van der Waals surface area contributed by atoms with E-state index in [9.17, 15) is 14.4 Å². The van der Waals surface area contributed by atoms with Crippen LogP contribution in [0.15, 0.2) is 115 Å². The molecule has 196 valence electrons. The van der Waals surface area contributed by atoms with Crippen LogP contribution in [0.1, 0.15) is 37.8 Å². The van der Waals surface area contributed by atoms with E-state index in [1.807, 2.05) is 66.7 Å². The first-order valence-corrected chi connectivity index (χ1v) is 12.9. The van der Waals surface area contributed by atoms with Gasteiger partial charge in [-0.05, 0) is 47.5 Å². The molecule has 6 rings (SSSR count). The summed E-state index contributed by atoms with van der Waals surface area (Å²) >= 11 is 0. The SMILES string of the molecule is COc1ccc([C@@H](c2ccccc2)[C@@H](C(=O)Nc2cccc3cccnc23)N2C(=O)c3ccccc3C2=O)cc1. The van der Waals surface area contributed by atoms with Gasteiger partial charge in [-0.3, -0.25) is 24.3 Å². The third-order valence-electron chi connectivity index (χ3n) is 7.21. The largest absolute Gasteiger partial charge is 0.497 e. The van der Waals surface area contributed by atoms with Gasteiger partial charge in [0.15, 0.2) is 0 Å². The minimum absolute atomic E-state index is 0.277. The highest BCUT2D eigenvalue weighted by Crippen LogP contribution is 2.37. The zero-order chi connectivity index (χ0) is 27.6. The minimum atomic E-state index is -1.21. The molecule has 1 aliphatic heterocycles. The molecule has 2 heterocycles. The summed E-state index contributed by atoms with van der Waals surface area (Å²) in [6.07, 6.45) is 1.66. The second kappa shape index (κ2) is 10.5. The van der Waals surface area contributed by atoms with Crippen molar-refractivity contribution in [2.75, 3.05) is 12.4 Å². The molecule has 0 fully saturated rings. The topological polar surface area (TPSA) is 88.6 Å². The van der Waals surface area contributed by atoms with Crippen LogP contribution in [-0.4, -0.2) is 40.8 Å². The van der Waals surface area contributed by atoms with Crippen molar-refractivity contribution in [3.05, 3.63) is 138 Å². The van der Waals surface area contributed by atoms with Crippen molar-refractivity contribution in [3.63, 3.8) is 0 Å². The molecule has 1 aromatic heterocycles. The molecule has 0 saturated heterocycles. The number of methoxy groups -OCH3 is 1. The maximum absolute atomic E-state index is 14.4. The number of aromatic nitrogens is 1. The molecule has 0 radical (unpaired) electrons. The number of pyridine rings is 1. The monoisotopic (exact) mass is 527 g/mol. The number of carbonyl (C=O) groups is 3. The number of hydrogen-bond donors (Lipinski definition) is 1. The zero-order valence-corrected chi connectivity index (χ0v) is 21.7. The van der Waals surface area contributed by atoms with E-state index in [2.05, 4.69) is 10.3 Å². The summed E-state index contributed by atoms with van der Waals surface area (Å²) in [5.41, 5.74) is 3.18. The van der Waals surface area contributed by atoms with Crippen LogP contribution in [0, 0.1) is 0 Å². The van der Waals surface area contributed by atoms with Crippen LogP contribution >= 0.6 is 0 Å². The van der Waals surface area contributed by atoms with Gasteiger partial charge in [-0.15, -0.1) is 0 Å². The molecule has 0 spiro atoms. The Morgan fingerprint density at radius 2 is 1.38 bits per heavy atom. The number of imide groups is 1. The lowest BCUT2D eigenvalue weighted by Crippen LogP contribution is -2.51. The van der Waals surface area contributed by atoms with Gasteiger partial charge in [0.25, 0.3) is 11.8 Å². The van der Waals surface area contributed by atoms with Crippen molar-refractivity contribution >= 4 is 34.3 Å². The molecule has 0 saturated carbocycles. The predicted octanol–water partition coefficient (Wildman–Crippen LogP) is 5.68. The number of rotatable bonds is 7. The van der Waals surface area contributed by atoms with Crippen LogP contribution in [0.25, 0.3) is 10.9 Å². The van der Waals surface area contributed by atoms with Crippen LogP contribution in [0.2, 0.25) is 0 Å². The summed E-state index contributed by atoms with van der Waals surface area (Å²) < 4.78 is 5.35. The minimum Gasteiger partial charge on any atom is -0.497 e. The lowest BCUT2D eigenvalue weighted by Gasteiger charge is -2.33.